The maximum Gasteiger partial charge on any atom is 0.407 e. The molecule has 0 radical (unpaired) electrons. The predicted octanol–water partition coefficient (Wildman–Crippen LogP) is 2.06. The van der Waals surface area contributed by atoms with Crippen molar-refractivity contribution in [2.75, 3.05) is 19.7 Å². The van der Waals surface area contributed by atoms with Gasteiger partial charge in [-0.2, -0.15) is 0 Å². The van der Waals surface area contributed by atoms with Crippen LogP contribution in [0.5, 0.6) is 0 Å². The molecule has 1 saturated carbocycles. The van der Waals surface area contributed by atoms with Crippen LogP contribution in [0.25, 0.3) is 0 Å². The van der Waals surface area contributed by atoms with Crippen LogP contribution in [0, 0.1) is 5.92 Å². The highest BCUT2D eigenvalue weighted by atomic mass is 16.6. The number of nitrogens with one attached hydrogen (secondary N) is 2. The van der Waals surface area contributed by atoms with E-state index in [0.717, 1.165) is 32.5 Å². The molecule has 1 heterocycles. The van der Waals surface area contributed by atoms with Crippen molar-refractivity contribution < 1.29 is 14.3 Å². The first-order valence-electron chi connectivity index (χ1n) is 7.74. The van der Waals surface area contributed by atoms with E-state index < -0.39 is 5.60 Å². The van der Waals surface area contributed by atoms with Crippen molar-refractivity contribution >= 4 is 6.09 Å². The van der Waals surface area contributed by atoms with Gasteiger partial charge in [0, 0.05) is 12.6 Å². The first kappa shape index (κ1) is 15.6. The van der Waals surface area contributed by atoms with Crippen LogP contribution in [-0.2, 0) is 9.47 Å². The second kappa shape index (κ2) is 6.76. The van der Waals surface area contributed by atoms with Gasteiger partial charge in [-0.1, -0.05) is 0 Å². The number of piperidine rings is 1. The highest BCUT2D eigenvalue weighted by molar-refractivity contribution is 5.68. The molecule has 1 aliphatic heterocycles. The standard InChI is InChI=1S/C15H28N2O3/c1-15(2,3)20-14(18)17-12-8-13(9-12)19-10-11-4-6-16-7-5-11/h11-13,16H,4-10H2,1-3H3,(H,17,18). The molecule has 0 aromatic carbocycles. The Bertz CT molecular complexity index is 316. The molecule has 0 aromatic heterocycles. The lowest BCUT2D eigenvalue weighted by molar-refractivity contribution is -0.0374. The van der Waals surface area contributed by atoms with Crippen LogP contribution in [0.1, 0.15) is 46.5 Å². The molecule has 0 bridgehead atoms. The minimum Gasteiger partial charge on any atom is -0.444 e. The fourth-order valence-electron chi connectivity index (χ4n) is 2.61. The third-order valence-corrected chi connectivity index (χ3v) is 3.84. The van der Waals surface area contributed by atoms with E-state index in [1.54, 1.807) is 0 Å². The van der Waals surface area contributed by atoms with Crippen molar-refractivity contribution in [2.24, 2.45) is 5.92 Å². The van der Waals surface area contributed by atoms with Crippen LogP contribution in [0.3, 0.4) is 0 Å². The lowest BCUT2D eigenvalue weighted by Gasteiger charge is -2.37. The highest BCUT2D eigenvalue weighted by Crippen LogP contribution is 2.25. The molecule has 5 heteroatoms. The number of rotatable bonds is 4. The van der Waals surface area contributed by atoms with E-state index in [2.05, 4.69) is 10.6 Å². The summed E-state index contributed by atoms with van der Waals surface area (Å²) < 4.78 is 11.1. The number of amides is 1. The molecule has 1 amide bonds. The number of hydrogen-bond acceptors (Lipinski definition) is 4. The summed E-state index contributed by atoms with van der Waals surface area (Å²) in [5, 5.41) is 6.25. The number of alkyl carbamates (subject to hydrolysis) is 1. The summed E-state index contributed by atoms with van der Waals surface area (Å²) in [4.78, 5) is 11.6. The molecule has 0 unspecified atom stereocenters. The van der Waals surface area contributed by atoms with Gasteiger partial charge in [0.25, 0.3) is 0 Å². The zero-order chi connectivity index (χ0) is 14.6. The first-order chi connectivity index (χ1) is 9.42. The molecule has 0 aromatic rings. The van der Waals surface area contributed by atoms with Gasteiger partial charge in [0.1, 0.15) is 5.60 Å². The maximum absolute atomic E-state index is 11.6. The molecule has 20 heavy (non-hydrogen) atoms. The maximum atomic E-state index is 11.6. The van der Waals surface area contributed by atoms with Crippen LogP contribution in [0.2, 0.25) is 0 Å². The van der Waals surface area contributed by atoms with E-state index >= 15 is 0 Å². The molecule has 0 atom stereocenters. The number of carbonyl (C=O) groups is 1. The quantitative estimate of drug-likeness (QED) is 0.829. The monoisotopic (exact) mass is 284 g/mol. The van der Waals surface area contributed by atoms with Gasteiger partial charge in [-0.3, -0.25) is 0 Å². The topological polar surface area (TPSA) is 59.6 Å². The summed E-state index contributed by atoms with van der Waals surface area (Å²) in [5.41, 5.74) is -0.432. The first-order valence-corrected chi connectivity index (χ1v) is 7.74. The van der Waals surface area contributed by atoms with Crippen molar-refractivity contribution in [1.82, 2.24) is 10.6 Å². The van der Waals surface area contributed by atoms with E-state index in [1.807, 2.05) is 20.8 Å². The second-order valence-corrected chi connectivity index (χ2v) is 6.96. The Morgan fingerprint density at radius 3 is 2.50 bits per heavy atom. The average molecular weight is 284 g/mol. The molecule has 0 spiro atoms. The van der Waals surface area contributed by atoms with Gasteiger partial charge in [0.05, 0.1) is 6.10 Å². The molecule has 2 N–H and O–H groups in total. The van der Waals surface area contributed by atoms with Crippen LogP contribution >= 0.6 is 0 Å². The summed E-state index contributed by atoms with van der Waals surface area (Å²) in [6, 6.07) is 0.211. The van der Waals surface area contributed by atoms with E-state index in [9.17, 15) is 4.79 Å². The zero-order valence-corrected chi connectivity index (χ0v) is 12.9. The van der Waals surface area contributed by atoms with Gasteiger partial charge < -0.3 is 20.1 Å². The summed E-state index contributed by atoms with van der Waals surface area (Å²) in [6.07, 6.45) is 4.23. The Labute approximate surface area is 121 Å². The van der Waals surface area contributed by atoms with Crippen molar-refractivity contribution in [1.29, 1.82) is 0 Å². The third-order valence-electron chi connectivity index (χ3n) is 3.84. The SMILES string of the molecule is CC(C)(C)OC(=O)NC1CC(OCC2CCNCC2)C1. The van der Waals surface area contributed by atoms with Gasteiger partial charge in [-0.15, -0.1) is 0 Å². The van der Waals surface area contributed by atoms with Gasteiger partial charge in [-0.05, 0) is 65.5 Å². The van der Waals surface area contributed by atoms with E-state index in [0.29, 0.717) is 12.0 Å². The van der Waals surface area contributed by atoms with Crippen LogP contribution in [0.4, 0.5) is 4.79 Å². The average Bonchev–Trinajstić information content (AvgIpc) is 2.31. The number of ether oxygens (including phenoxy) is 2. The Morgan fingerprint density at radius 2 is 1.90 bits per heavy atom. The Balaban J connectivity index is 1.54. The molecular formula is C15H28N2O3. The van der Waals surface area contributed by atoms with E-state index in [-0.39, 0.29) is 12.1 Å². The number of carbonyl (C=O) groups excluding carboxylic acids is 1. The minimum absolute atomic E-state index is 0.211. The van der Waals surface area contributed by atoms with Gasteiger partial charge in [0.15, 0.2) is 0 Å². The summed E-state index contributed by atoms with van der Waals surface area (Å²) >= 11 is 0. The molecule has 2 rings (SSSR count). The van der Waals surface area contributed by atoms with Crippen molar-refractivity contribution in [3.63, 3.8) is 0 Å². The molecule has 5 nitrogen and oxygen atoms in total. The van der Waals surface area contributed by atoms with E-state index in [4.69, 9.17) is 9.47 Å². The Kier molecular flexibility index (Phi) is 5.27. The highest BCUT2D eigenvalue weighted by Gasteiger charge is 2.32. The van der Waals surface area contributed by atoms with Gasteiger partial charge in [-0.25, -0.2) is 4.79 Å². The molecular weight excluding hydrogens is 256 g/mol. The molecule has 1 aliphatic carbocycles. The lowest BCUT2D eigenvalue weighted by atomic mass is 9.89. The summed E-state index contributed by atoms with van der Waals surface area (Å²) in [7, 11) is 0. The molecule has 116 valence electrons. The van der Waals surface area contributed by atoms with Crippen LogP contribution in [0.15, 0.2) is 0 Å². The normalized spacial score (nSPS) is 27.8. The fraction of sp³-hybridized carbons (Fsp3) is 0.933. The minimum atomic E-state index is -0.432. The van der Waals surface area contributed by atoms with Crippen molar-refractivity contribution in [2.45, 2.75) is 64.2 Å². The zero-order valence-electron chi connectivity index (χ0n) is 12.9. The Hall–Kier alpha value is -0.810. The molecule has 2 fully saturated rings. The van der Waals surface area contributed by atoms with Crippen LogP contribution < -0.4 is 10.6 Å². The van der Waals surface area contributed by atoms with Gasteiger partial charge in [0.2, 0.25) is 0 Å². The van der Waals surface area contributed by atoms with Gasteiger partial charge >= 0.3 is 6.09 Å². The smallest absolute Gasteiger partial charge is 0.407 e. The second-order valence-electron chi connectivity index (χ2n) is 6.96. The van der Waals surface area contributed by atoms with Crippen molar-refractivity contribution in [3.8, 4) is 0 Å². The predicted molar refractivity (Wildman–Crippen MR) is 77.7 cm³/mol. The molecule has 2 aliphatic rings. The van der Waals surface area contributed by atoms with Crippen LogP contribution in [-0.4, -0.2) is 43.5 Å². The summed E-state index contributed by atoms with van der Waals surface area (Å²) in [5.74, 6) is 0.703. The number of hydrogen-bond donors (Lipinski definition) is 2. The lowest BCUT2D eigenvalue weighted by Crippen LogP contribution is -2.49. The fourth-order valence-corrected chi connectivity index (χ4v) is 2.61. The molecule has 1 saturated heterocycles. The van der Waals surface area contributed by atoms with E-state index in [1.165, 1.54) is 12.8 Å². The Morgan fingerprint density at radius 1 is 1.25 bits per heavy atom. The largest absolute Gasteiger partial charge is 0.444 e. The third kappa shape index (κ3) is 5.29. The summed E-state index contributed by atoms with van der Waals surface area (Å²) in [6.45, 7) is 8.71. The van der Waals surface area contributed by atoms with Crippen molar-refractivity contribution in [3.05, 3.63) is 0 Å².